The van der Waals surface area contributed by atoms with Gasteiger partial charge < -0.3 is 10.0 Å². The van der Waals surface area contributed by atoms with Gasteiger partial charge in [-0.05, 0) is 11.4 Å². The number of carbonyl (C=O) groups is 1. The van der Waals surface area contributed by atoms with Gasteiger partial charge in [0, 0.05) is 31.1 Å². The second-order valence-electron chi connectivity index (χ2n) is 5.81. The summed E-state index contributed by atoms with van der Waals surface area (Å²) in [6.45, 7) is 1.39. The summed E-state index contributed by atoms with van der Waals surface area (Å²) in [5.41, 5.74) is 0.186. The van der Waals surface area contributed by atoms with Gasteiger partial charge in [-0.2, -0.15) is 4.31 Å². The number of piperazine rings is 1. The number of aliphatic hydroxyl groups is 1. The van der Waals surface area contributed by atoms with E-state index in [-0.39, 0.29) is 31.2 Å². The zero-order valence-electron chi connectivity index (χ0n) is 13.6. The van der Waals surface area contributed by atoms with Gasteiger partial charge in [-0.15, -0.1) is 16.4 Å². The van der Waals surface area contributed by atoms with Crippen molar-refractivity contribution in [1.29, 1.82) is 0 Å². The van der Waals surface area contributed by atoms with Gasteiger partial charge in [0.1, 0.15) is 6.10 Å². The predicted molar refractivity (Wildman–Crippen MR) is 91.6 cm³/mol. The van der Waals surface area contributed by atoms with E-state index in [4.69, 9.17) is 0 Å². The van der Waals surface area contributed by atoms with Gasteiger partial charge in [0.05, 0.1) is 19.0 Å². The van der Waals surface area contributed by atoms with Gasteiger partial charge >= 0.3 is 0 Å². The van der Waals surface area contributed by atoms with Crippen LogP contribution in [0.25, 0.3) is 0 Å². The Morgan fingerprint density at radius 3 is 2.68 bits per heavy atom. The second kappa shape index (κ2) is 7.20. The second-order valence-corrected chi connectivity index (χ2v) is 8.77. The predicted octanol–water partition coefficient (Wildman–Crippen LogP) is -0.209. The van der Waals surface area contributed by atoms with Crippen molar-refractivity contribution in [1.82, 2.24) is 24.2 Å². The van der Waals surface area contributed by atoms with Crippen molar-refractivity contribution in [3.63, 3.8) is 0 Å². The van der Waals surface area contributed by atoms with Crippen molar-refractivity contribution in [2.24, 2.45) is 0 Å². The van der Waals surface area contributed by atoms with Gasteiger partial charge in [0.15, 0.2) is 5.69 Å². The van der Waals surface area contributed by atoms with E-state index in [1.54, 1.807) is 4.90 Å². The van der Waals surface area contributed by atoms with Crippen LogP contribution in [-0.2, 0) is 16.6 Å². The van der Waals surface area contributed by atoms with Gasteiger partial charge in [-0.1, -0.05) is 11.3 Å². The van der Waals surface area contributed by atoms with Crippen LogP contribution < -0.4 is 0 Å². The molecule has 9 nitrogen and oxygen atoms in total. The summed E-state index contributed by atoms with van der Waals surface area (Å²) in [5, 5.41) is 19.8. The lowest BCUT2D eigenvalue weighted by atomic mass is 10.3. The molecule has 136 valence electrons. The molecule has 25 heavy (non-hydrogen) atoms. The molecule has 1 amide bonds. The zero-order chi connectivity index (χ0) is 18.0. The molecule has 1 aliphatic heterocycles. The summed E-state index contributed by atoms with van der Waals surface area (Å²) in [4.78, 5) is 14.8. The smallest absolute Gasteiger partial charge is 0.276 e. The molecular formula is C14H19N5O4S2. The summed E-state index contributed by atoms with van der Waals surface area (Å²) < 4.78 is 25.8. The Labute approximate surface area is 149 Å². The first-order valence-electron chi connectivity index (χ1n) is 7.70. The van der Waals surface area contributed by atoms with E-state index in [9.17, 15) is 18.3 Å². The Bertz CT molecular complexity index is 825. The van der Waals surface area contributed by atoms with Crippen LogP contribution in [0.2, 0.25) is 0 Å². The SMILES string of the molecule is CS(=O)(=O)N1CCN(C(=O)c2cn(CC(O)c3cccs3)nn2)CC1. The number of aromatic nitrogens is 3. The van der Waals surface area contributed by atoms with Gasteiger partial charge in [-0.25, -0.2) is 13.1 Å². The summed E-state index contributed by atoms with van der Waals surface area (Å²) in [7, 11) is -3.23. The Hall–Kier alpha value is -1.82. The summed E-state index contributed by atoms with van der Waals surface area (Å²) >= 11 is 1.45. The van der Waals surface area contributed by atoms with E-state index in [1.165, 1.54) is 26.5 Å². The van der Waals surface area contributed by atoms with Crippen molar-refractivity contribution in [3.8, 4) is 0 Å². The Morgan fingerprint density at radius 2 is 2.08 bits per heavy atom. The van der Waals surface area contributed by atoms with Crippen molar-refractivity contribution < 1.29 is 18.3 Å². The molecule has 2 aromatic heterocycles. The van der Waals surface area contributed by atoms with Crippen molar-refractivity contribution in [3.05, 3.63) is 34.3 Å². The van der Waals surface area contributed by atoms with Crippen LogP contribution in [-0.4, -0.2) is 76.1 Å². The molecule has 1 atom stereocenters. The number of nitrogens with zero attached hydrogens (tertiary/aromatic N) is 5. The fourth-order valence-corrected chi connectivity index (χ4v) is 4.15. The van der Waals surface area contributed by atoms with E-state index in [0.29, 0.717) is 13.1 Å². The third-order valence-corrected chi connectivity index (χ3v) is 6.26. The molecule has 0 saturated carbocycles. The largest absolute Gasteiger partial charge is 0.386 e. The standard InChI is InChI=1S/C14H19N5O4S2/c1-25(22,23)19-6-4-17(5-7-19)14(21)11-9-18(16-15-11)10-12(20)13-3-2-8-24-13/h2-3,8-9,12,20H,4-7,10H2,1H3. The van der Waals surface area contributed by atoms with Gasteiger partial charge in [-0.3, -0.25) is 4.79 Å². The third kappa shape index (κ3) is 4.24. The van der Waals surface area contributed by atoms with Crippen LogP contribution in [0.5, 0.6) is 0 Å². The molecule has 2 aromatic rings. The van der Waals surface area contributed by atoms with Crippen LogP contribution in [0.4, 0.5) is 0 Å². The highest BCUT2D eigenvalue weighted by Crippen LogP contribution is 2.20. The minimum Gasteiger partial charge on any atom is -0.386 e. The van der Waals surface area contributed by atoms with Crippen LogP contribution in [0.1, 0.15) is 21.5 Å². The van der Waals surface area contributed by atoms with E-state index in [2.05, 4.69) is 10.3 Å². The van der Waals surface area contributed by atoms with E-state index >= 15 is 0 Å². The average molecular weight is 385 g/mol. The highest BCUT2D eigenvalue weighted by atomic mass is 32.2. The average Bonchev–Trinajstić information content (AvgIpc) is 3.25. The molecule has 0 bridgehead atoms. The number of rotatable bonds is 5. The molecule has 0 radical (unpaired) electrons. The Kier molecular flexibility index (Phi) is 5.18. The van der Waals surface area contributed by atoms with E-state index < -0.39 is 16.1 Å². The maximum Gasteiger partial charge on any atom is 0.276 e. The summed E-state index contributed by atoms with van der Waals surface area (Å²) in [5.74, 6) is -0.287. The highest BCUT2D eigenvalue weighted by molar-refractivity contribution is 7.88. The lowest BCUT2D eigenvalue weighted by Gasteiger charge is -2.32. The summed E-state index contributed by atoms with van der Waals surface area (Å²) in [6.07, 6.45) is 1.96. The lowest BCUT2D eigenvalue weighted by Crippen LogP contribution is -2.50. The fraction of sp³-hybridized carbons (Fsp3) is 0.500. The fourth-order valence-electron chi connectivity index (χ4n) is 2.62. The van der Waals surface area contributed by atoms with Crippen LogP contribution >= 0.6 is 11.3 Å². The van der Waals surface area contributed by atoms with Gasteiger partial charge in [0.25, 0.3) is 5.91 Å². The van der Waals surface area contributed by atoms with Crippen molar-refractivity contribution in [2.75, 3.05) is 32.4 Å². The van der Waals surface area contributed by atoms with Crippen LogP contribution in [0.3, 0.4) is 0 Å². The van der Waals surface area contributed by atoms with Gasteiger partial charge in [0.2, 0.25) is 10.0 Å². The zero-order valence-corrected chi connectivity index (χ0v) is 15.3. The number of amides is 1. The molecule has 1 aliphatic rings. The molecule has 3 heterocycles. The van der Waals surface area contributed by atoms with E-state index in [1.807, 2.05) is 17.5 Å². The lowest BCUT2D eigenvalue weighted by molar-refractivity contribution is 0.0692. The first kappa shape index (κ1) is 18.0. The maximum absolute atomic E-state index is 12.5. The monoisotopic (exact) mass is 385 g/mol. The van der Waals surface area contributed by atoms with Crippen LogP contribution in [0, 0.1) is 0 Å². The minimum absolute atomic E-state index is 0.186. The van der Waals surface area contributed by atoms with E-state index in [0.717, 1.165) is 11.1 Å². The topological polar surface area (TPSA) is 109 Å². The summed E-state index contributed by atoms with van der Waals surface area (Å²) in [6, 6.07) is 3.69. The normalized spacial score (nSPS) is 17.6. The number of carbonyl (C=O) groups excluding carboxylic acids is 1. The van der Waals surface area contributed by atoms with Crippen molar-refractivity contribution >= 4 is 27.3 Å². The number of thiophene rings is 1. The molecule has 1 fully saturated rings. The molecule has 1 saturated heterocycles. The molecule has 0 spiro atoms. The molecule has 1 N–H and O–H groups in total. The first-order chi connectivity index (χ1) is 11.8. The maximum atomic E-state index is 12.5. The molecule has 1 unspecified atom stereocenters. The molecule has 0 aliphatic carbocycles. The quantitative estimate of drug-likeness (QED) is 0.763. The number of sulfonamides is 1. The number of hydrogen-bond donors (Lipinski definition) is 1. The molecule has 3 rings (SSSR count). The van der Waals surface area contributed by atoms with Crippen LogP contribution in [0.15, 0.2) is 23.7 Å². The molecular weight excluding hydrogens is 366 g/mol. The number of aliphatic hydroxyl groups excluding tert-OH is 1. The molecule has 11 heteroatoms. The molecule has 0 aromatic carbocycles. The van der Waals surface area contributed by atoms with Crippen molar-refractivity contribution in [2.45, 2.75) is 12.6 Å². The highest BCUT2D eigenvalue weighted by Gasteiger charge is 2.28. The Morgan fingerprint density at radius 1 is 1.36 bits per heavy atom. The number of hydrogen-bond acceptors (Lipinski definition) is 7. The minimum atomic E-state index is -3.23. The third-order valence-electron chi connectivity index (χ3n) is 3.98. The Balaban J connectivity index is 1.60. The first-order valence-corrected chi connectivity index (χ1v) is 10.4.